The van der Waals surface area contributed by atoms with Crippen LogP contribution in [0.1, 0.15) is 27.2 Å². The van der Waals surface area contributed by atoms with Crippen LogP contribution in [0.3, 0.4) is 0 Å². The lowest BCUT2D eigenvalue weighted by Crippen LogP contribution is -2.40. The second-order valence-corrected chi connectivity index (χ2v) is 9.13. The number of benzene rings is 1. The summed E-state index contributed by atoms with van der Waals surface area (Å²) in [4.78, 5) is 10.9. The quantitative estimate of drug-likeness (QED) is 0.845. The third-order valence-corrected chi connectivity index (χ3v) is 5.80. The van der Waals surface area contributed by atoms with Crippen LogP contribution in [-0.4, -0.2) is 48.2 Å². The number of hydrogen-bond acceptors (Lipinski definition) is 6. The predicted molar refractivity (Wildman–Crippen MR) is 100 cm³/mol. The molecule has 0 unspecified atom stereocenters. The van der Waals surface area contributed by atoms with E-state index < -0.39 is 15.6 Å². The molecule has 0 spiro atoms. The summed E-state index contributed by atoms with van der Waals surface area (Å²) in [5.41, 5.74) is -0.147. The summed E-state index contributed by atoms with van der Waals surface area (Å²) in [6.07, 6.45) is 1.94. The molecule has 8 heteroatoms. The van der Waals surface area contributed by atoms with E-state index in [4.69, 9.17) is 0 Å². The maximum atomic E-state index is 12.8. The van der Waals surface area contributed by atoms with Crippen molar-refractivity contribution in [3.05, 3.63) is 36.5 Å². The van der Waals surface area contributed by atoms with Crippen LogP contribution < -0.4 is 9.62 Å². The minimum absolute atomic E-state index is 0.147. The van der Waals surface area contributed by atoms with Crippen molar-refractivity contribution in [2.45, 2.75) is 43.7 Å². The van der Waals surface area contributed by atoms with Gasteiger partial charge in [0.25, 0.3) is 0 Å². The zero-order valence-corrected chi connectivity index (χ0v) is 16.0. The van der Waals surface area contributed by atoms with E-state index in [1.54, 1.807) is 57.3 Å². The second-order valence-electron chi connectivity index (χ2n) is 7.48. The SMILES string of the molecule is CC(C)(C)NS(=O)(=O)c1ccccc1-c1nccc(N2CC[C@H](O)C2)n1. The summed E-state index contributed by atoms with van der Waals surface area (Å²) < 4.78 is 28.3. The van der Waals surface area contributed by atoms with Crippen molar-refractivity contribution in [1.82, 2.24) is 14.7 Å². The van der Waals surface area contributed by atoms with Gasteiger partial charge in [0.05, 0.1) is 11.0 Å². The lowest BCUT2D eigenvalue weighted by atomic mass is 10.1. The first-order valence-corrected chi connectivity index (χ1v) is 10.0. The minimum atomic E-state index is -3.72. The first-order valence-electron chi connectivity index (χ1n) is 8.55. The van der Waals surface area contributed by atoms with Crippen LogP contribution in [0.5, 0.6) is 0 Å². The van der Waals surface area contributed by atoms with Gasteiger partial charge in [0, 0.05) is 30.4 Å². The third-order valence-electron chi connectivity index (χ3n) is 3.99. The van der Waals surface area contributed by atoms with Crippen molar-refractivity contribution < 1.29 is 13.5 Å². The Morgan fingerprint density at radius 3 is 2.62 bits per heavy atom. The Morgan fingerprint density at radius 2 is 1.96 bits per heavy atom. The monoisotopic (exact) mass is 376 g/mol. The van der Waals surface area contributed by atoms with Crippen LogP contribution in [0.2, 0.25) is 0 Å². The van der Waals surface area contributed by atoms with Crippen LogP contribution in [-0.2, 0) is 10.0 Å². The van der Waals surface area contributed by atoms with E-state index >= 15 is 0 Å². The van der Waals surface area contributed by atoms with Gasteiger partial charge in [-0.1, -0.05) is 12.1 Å². The highest BCUT2D eigenvalue weighted by Gasteiger charge is 2.26. The average molecular weight is 376 g/mol. The number of sulfonamides is 1. The lowest BCUT2D eigenvalue weighted by molar-refractivity contribution is 0.198. The van der Waals surface area contributed by atoms with Crippen LogP contribution in [0.25, 0.3) is 11.4 Å². The molecule has 26 heavy (non-hydrogen) atoms. The van der Waals surface area contributed by atoms with Gasteiger partial charge in [0.2, 0.25) is 10.0 Å². The number of nitrogens with one attached hydrogen (secondary N) is 1. The van der Waals surface area contributed by atoms with Gasteiger partial charge in [0.1, 0.15) is 5.82 Å². The van der Waals surface area contributed by atoms with Crippen LogP contribution in [0, 0.1) is 0 Å². The molecule has 1 aliphatic rings. The molecule has 0 amide bonds. The molecule has 3 rings (SSSR count). The summed E-state index contributed by atoms with van der Waals surface area (Å²) >= 11 is 0. The van der Waals surface area contributed by atoms with Gasteiger partial charge in [-0.2, -0.15) is 0 Å². The Hall–Kier alpha value is -2.03. The summed E-state index contributed by atoms with van der Waals surface area (Å²) in [5, 5.41) is 9.73. The number of aliphatic hydroxyl groups is 1. The van der Waals surface area contributed by atoms with Gasteiger partial charge in [-0.3, -0.25) is 0 Å². The lowest BCUT2D eigenvalue weighted by Gasteiger charge is -2.21. The molecular formula is C18H24N4O3S. The number of β-amino-alcohol motifs (C(OH)–C–C–N with tert-alkyl or cyclic N) is 1. The molecule has 0 aliphatic carbocycles. The molecule has 1 atom stereocenters. The van der Waals surface area contributed by atoms with Gasteiger partial charge in [-0.05, 0) is 45.4 Å². The molecule has 1 fully saturated rings. The van der Waals surface area contributed by atoms with E-state index in [1.807, 2.05) is 4.90 Å². The van der Waals surface area contributed by atoms with Crippen LogP contribution >= 0.6 is 0 Å². The number of hydrogen-bond donors (Lipinski definition) is 2. The molecule has 2 heterocycles. The fraction of sp³-hybridized carbons (Fsp3) is 0.444. The first-order chi connectivity index (χ1) is 12.2. The maximum Gasteiger partial charge on any atom is 0.241 e. The highest BCUT2D eigenvalue weighted by molar-refractivity contribution is 7.89. The zero-order chi connectivity index (χ0) is 18.9. The van der Waals surface area contributed by atoms with E-state index in [9.17, 15) is 13.5 Å². The molecule has 2 N–H and O–H groups in total. The molecule has 2 aromatic rings. The average Bonchev–Trinajstić information content (AvgIpc) is 2.99. The van der Waals surface area contributed by atoms with E-state index in [0.29, 0.717) is 36.7 Å². The summed E-state index contributed by atoms with van der Waals surface area (Å²) in [7, 11) is -3.72. The summed E-state index contributed by atoms with van der Waals surface area (Å²) in [6, 6.07) is 8.47. The highest BCUT2D eigenvalue weighted by atomic mass is 32.2. The standard InChI is InChI=1S/C18H24N4O3S/c1-18(2,3)21-26(24,25)15-7-5-4-6-14(15)17-19-10-8-16(20-17)22-11-9-13(23)12-22/h4-8,10,13,21,23H,9,11-12H2,1-3H3/t13-/m0/s1. The van der Waals surface area contributed by atoms with E-state index in [-0.39, 0.29) is 11.0 Å². The highest BCUT2D eigenvalue weighted by Crippen LogP contribution is 2.27. The van der Waals surface area contributed by atoms with Crippen LogP contribution in [0.4, 0.5) is 5.82 Å². The van der Waals surface area contributed by atoms with Gasteiger partial charge in [-0.15, -0.1) is 0 Å². The number of anilines is 1. The largest absolute Gasteiger partial charge is 0.391 e. The Kier molecular flexibility index (Phi) is 5.01. The normalized spacial score (nSPS) is 18.3. The maximum absolute atomic E-state index is 12.8. The fourth-order valence-electron chi connectivity index (χ4n) is 2.95. The molecule has 1 saturated heterocycles. The number of nitrogens with zero attached hydrogens (tertiary/aromatic N) is 3. The van der Waals surface area contributed by atoms with Gasteiger partial charge in [-0.25, -0.2) is 23.1 Å². The molecule has 1 aliphatic heterocycles. The molecule has 0 radical (unpaired) electrons. The molecule has 0 saturated carbocycles. The Balaban J connectivity index is 2.01. The van der Waals surface area contributed by atoms with Gasteiger partial charge < -0.3 is 10.0 Å². The summed E-state index contributed by atoms with van der Waals surface area (Å²) in [6.45, 7) is 6.61. The third kappa shape index (κ3) is 4.20. The minimum Gasteiger partial charge on any atom is -0.391 e. The van der Waals surface area contributed by atoms with Crippen molar-refractivity contribution in [3.8, 4) is 11.4 Å². The van der Waals surface area contributed by atoms with Crippen LogP contribution in [0.15, 0.2) is 41.4 Å². The van der Waals surface area contributed by atoms with Gasteiger partial charge >= 0.3 is 0 Å². The Morgan fingerprint density at radius 1 is 1.23 bits per heavy atom. The second kappa shape index (κ2) is 6.94. The summed E-state index contributed by atoms with van der Waals surface area (Å²) in [5.74, 6) is 1.03. The van der Waals surface area contributed by atoms with Crippen molar-refractivity contribution in [2.75, 3.05) is 18.0 Å². The van der Waals surface area contributed by atoms with E-state index in [0.717, 1.165) is 0 Å². The zero-order valence-electron chi connectivity index (χ0n) is 15.2. The van der Waals surface area contributed by atoms with E-state index in [2.05, 4.69) is 14.7 Å². The Labute approximate surface area is 154 Å². The number of rotatable bonds is 4. The van der Waals surface area contributed by atoms with Crippen molar-refractivity contribution >= 4 is 15.8 Å². The van der Waals surface area contributed by atoms with Crippen molar-refractivity contribution in [2.24, 2.45) is 0 Å². The number of aliphatic hydroxyl groups excluding tert-OH is 1. The topological polar surface area (TPSA) is 95.4 Å². The first kappa shape index (κ1) is 18.8. The van der Waals surface area contributed by atoms with E-state index in [1.165, 1.54) is 0 Å². The molecule has 7 nitrogen and oxygen atoms in total. The Bertz CT molecular complexity index is 893. The van der Waals surface area contributed by atoms with Gasteiger partial charge in [0.15, 0.2) is 5.82 Å². The van der Waals surface area contributed by atoms with Crippen molar-refractivity contribution in [3.63, 3.8) is 0 Å². The van der Waals surface area contributed by atoms with Crippen molar-refractivity contribution in [1.29, 1.82) is 0 Å². The number of aromatic nitrogens is 2. The molecule has 0 bridgehead atoms. The smallest absolute Gasteiger partial charge is 0.241 e. The molecule has 1 aromatic carbocycles. The molecule has 1 aromatic heterocycles. The molecular weight excluding hydrogens is 352 g/mol. The molecule has 140 valence electrons. The fourth-order valence-corrected chi connectivity index (χ4v) is 4.57. The predicted octanol–water partition coefficient (Wildman–Crippen LogP) is 1.79.